The number of aromatic nitrogens is 1. The molecule has 0 saturated heterocycles. The standard InChI is InChI=1S/C16H15ClN2O2/c1-2-19-10-11(7-8-15(19)20)18-9-13-12-5-3-4-6-14(12)21-16(13)17/h3-8,10,18H,2,9H2,1H3. The van der Waals surface area contributed by atoms with E-state index in [9.17, 15) is 4.79 Å². The third-order valence-corrected chi connectivity index (χ3v) is 3.75. The van der Waals surface area contributed by atoms with Crippen LogP contribution in [-0.4, -0.2) is 4.57 Å². The molecule has 5 heteroatoms. The molecule has 108 valence electrons. The van der Waals surface area contributed by atoms with E-state index in [1.807, 2.05) is 31.2 Å². The zero-order chi connectivity index (χ0) is 14.8. The van der Waals surface area contributed by atoms with Gasteiger partial charge >= 0.3 is 0 Å². The summed E-state index contributed by atoms with van der Waals surface area (Å²) in [7, 11) is 0. The molecular formula is C16H15ClN2O2. The van der Waals surface area contributed by atoms with E-state index in [-0.39, 0.29) is 5.56 Å². The van der Waals surface area contributed by atoms with E-state index in [4.69, 9.17) is 16.0 Å². The molecule has 0 fully saturated rings. The topological polar surface area (TPSA) is 47.2 Å². The van der Waals surface area contributed by atoms with Crippen LogP contribution in [0.4, 0.5) is 5.69 Å². The van der Waals surface area contributed by atoms with E-state index in [2.05, 4.69) is 5.32 Å². The maximum Gasteiger partial charge on any atom is 0.250 e. The molecule has 3 aromatic rings. The number of nitrogens with zero attached hydrogens (tertiary/aromatic N) is 1. The molecule has 2 aromatic heterocycles. The first-order valence-electron chi connectivity index (χ1n) is 6.79. The molecule has 1 aromatic carbocycles. The maximum absolute atomic E-state index is 11.6. The summed E-state index contributed by atoms with van der Waals surface area (Å²) in [6, 6.07) is 11.1. The Bertz CT molecular complexity index is 836. The van der Waals surface area contributed by atoms with Gasteiger partial charge in [-0.15, -0.1) is 0 Å². The number of para-hydroxylation sites is 1. The quantitative estimate of drug-likeness (QED) is 0.795. The van der Waals surface area contributed by atoms with Crippen LogP contribution in [0.25, 0.3) is 11.0 Å². The Labute approximate surface area is 127 Å². The van der Waals surface area contributed by atoms with Gasteiger partial charge in [-0.1, -0.05) is 18.2 Å². The minimum atomic E-state index is -0.00477. The van der Waals surface area contributed by atoms with Crippen LogP contribution in [0.3, 0.4) is 0 Å². The predicted molar refractivity (Wildman–Crippen MR) is 84.9 cm³/mol. The van der Waals surface area contributed by atoms with E-state index in [0.29, 0.717) is 18.3 Å². The van der Waals surface area contributed by atoms with E-state index in [1.54, 1.807) is 22.9 Å². The lowest BCUT2D eigenvalue weighted by Crippen LogP contribution is -2.17. The summed E-state index contributed by atoms with van der Waals surface area (Å²) in [5, 5.41) is 4.67. The van der Waals surface area contributed by atoms with Gasteiger partial charge in [-0.3, -0.25) is 4.79 Å². The number of nitrogens with one attached hydrogen (secondary N) is 1. The van der Waals surface area contributed by atoms with Gasteiger partial charge in [-0.2, -0.15) is 0 Å². The van der Waals surface area contributed by atoms with Crippen molar-refractivity contribution in [2.24, 2.45) is 0 Å². The van der Waals surface area contributed by atoms with E-state index >= 15 is 0 Å². The molecule has 0 bridgehead atoms. The molecule has 0 saturated carbocycles. The Kier molecular flexibility index (Phi) is 3.71. The highest BCUT2D eigenvalue weighted by molar-refractivity contribution is 6.30. The van der Waals surface area contributed by atoms with Crippen LogP contribution in [0.15, 0.2) is 51.8 Å². The third kappa shape index (κ3) is 2.67. The zero-order valence-electron chi connectivity index (χ0n) is 11.6. The van der Waals surface area contributed by atoms with Gasteiger partial charge in [0.2, 0.25) is 0 Å². The smallest absolute Gasteiger partial charge is 0.250 e. The average molecular weight is 303 g/mol. The van der Waals surface area contributed by atoms with Crippen LogP contribution in [0, 0.1) is 0 Å². The fraction of sp³-hybridized carbons (Fsp3) is 0.188. The van der Waals surface area contributed by atoms with Crippen LogP contribution in [-0.2, 0) is 13.1 Å². The van der Waals surface area contributed by atoms with Crippen molar-refractivity contribution in [3.63, 3.8) is 0 Å². The molecule has 4 nitrogen and oxygen atoms in total. The molecule has 0 aliphatic rings. The first-order chi connectivity index (χ1) is 10.2. The average Bonchev–Trinajstić information content (AvgIpc) is 2.82. The third-order valence-electron chi connectivity index (χ3n) is 3.44. The SMILES string of the molecule is CCn1cc(NCc2c(Cl)oc3ccccc23)ccc1=O. The Morgan fingerprint density at radius 3 is 2.86 bits per heavy atom. The number of hydrogen-bond donors (Lipinski definition) is 1. The molecule has 0 atom stereocenters. The number of hydrogen-bond acceptors (Lipinski definition) is 3. The normalized spacial score (nSPS) is 11.0. The molecule has 1 N–H and O–H groups in total. The van der Waals surface area contributed by atoms with Crippen LogP contribution in [0.1, 0.15) is 12.5 Å². The number of furan rings is 1. The summed E-state index contributed by atoms with van der Waals surface area (Å²) < 4.78 is 7.17. The Morgan fingerprint density at radius 2 is 2.05 bits per heavy atom. The second-order valence-electron chi connectivity index (χ2n) is 4.75. The molecule has 0 aliphatic heterocycles. The van der Waals surface area contributed by atoms with Gasteiger partial charge in [0.1, 0.15) is 5.58 Å². The first kappa shape index (κ1) is 13.8. The summed E-state index contributed by atoms with van der Waals surface area (Å²) in [6.45, 7) is 3.12. The second-order valence-corrected chi connectivity index (χ2v) is 5.09. The molecule has 0 amide bonds. The number of rotatable bonds is 4. The van der Waals surface area contributed by atoms with Crippen molar-refractivity contribution in [3.05, 3.63) is 63.7 Å². The van der Waals surface area contributed by atoms with Crippen LogP contribution in [0.2, 0.25) is 5.22 Å². The lowest BCUT2D eigenvalue weighted by molar-refractivity contribution is 0.613. The maximum atomic E-state index is 11.6. The highest BCUT2D eigenvalue weighted by atomic mass is 35.5. The van der Waals surface area contributed by atoms with Gasteiger partial charge < -0.3 is 14.3 Å². The lowest BCUT2D eigenvalue weighted by Gasteiger charge is -2.08. The van der Waals surface area contributed by atoms with Crippen LogP contribution >= 0.6 is 11.6 Å². The van der Waals surface area contributed by atoms with Crippen LogP contribution < -0.4 is 10.9 Å². The van der Waals surface area contributed by atoms with Crippen molar-refractivity contribution in [2.75, 3.05) is 5.32 Å². The molecule has 2 heterocycles. The highest BCUT2D eigenvalue weighted by Crippen LogP contribution is 2.30. The number of benzene rings is 1. The number of fused-ring (bicyclic) bond motifs is 1. The number of anilines is 1. The Morgan fingerprint density at radius 1 is 1.24 bits per heavy atom. The van der Waals surface area contributed by atoms with Crippen LogP contribution in [0.5, 0.6) is 0 Å². The molecule has 21 heavy (non-hydrogen) atoms. The van der Waals surface area contributed by atoms with E-state index in [0.717, 1.165) is 22.2 Å². The minimum absolute atomic E-state index is 0.00477. The summed E-state index contributed by atoms with van der Waals surface area (Å²) in [5.74, 6) is 0. The molecular weight excluding hydrogens is 288 g/mol. The number of halogens is 1. The summed E-state index contributed by atoms with van der Waals surface area (Å²) in [4.78, 5) is 11.6. The minimum Gasteiger partial charge on any atom is -0.444 e. The summed E-state index contributed by atoms with van der Waals surface area (Å²) >= 11 is 6.16. The molecule has 0 aliphatic carbocycles. The zero-order valence-corrected chi connectivity index (χ0v) is 12.4. The van der Waals surface area contributed by atoms with E-state index in [1.165, 1.54) is 0 Å². The predicted octanol–water partition coefficient (Wildman–Crippen LogP) is 3.88. The van der Waals surface area contributed by atoms with Gasteiger partial charge in [0.25, 0.3) is 5.56 Å². The molecule has 0 radical (unpaired) electrons. The van der Waals surface area contributed by atoms with Crippen molar-refractivity contribution >= 4 is 28.3 Å². The largest absolute Gasteiger partial charge is 0.444 e. The molecule has 0 unspecified atom stereocenters. The van der Waals surface area contributed by atoms with E-state index < -0.39 is 0 Å². The van der Waals surface area contributed by atoms with Gasteiger partial charge in [-0.05, 0) is 30.7 Å². The van der Waals surface area contributed by atoms with Crippen molar-refractivity contribution in [3.8, 4) is 0 Å². The van der Waals surface area contributed by atoms with Gasteiger partial charge in [0.15, 0.2) is 5.22 Å². The highest BCUT2D eigenvalue weighted by Gasteiger charge is 2.11. The van der Waals surface area contributed by atoms with Crippen molar-refractivity contribution in [1.82, 2.24) is 4.57 Å². The fourth-order valence-electron chi connectivity index (χ4n) is 2.31. The first-order valence-corrected chi connectivity index (χ1v) is 7.17. The monoisotopic (exact) mass is 302 g/mol. The van der Waals surface area contributed by atoms with Crippen molar-refractivity contribution in [2.45, 2.75) is 20.0 Å². The Balaban J connectivity index is 1.87. The molecule has 0 spiro atoms. The second kappa shape index (κ2) is 5.66. The fourth-order valence-corrected chi connectivity index (χ4v) is 2.56. The molecule has 3 rings (SSSR count). The van der Waals surface area contributed by atoms with Gasteiger partial charge in [-0.25, -0.2) is 0 Å². The number of aryl methyl sites for hydroxylation is 1. The van der Waals surface area contributed by atoms with Crippen molar-refractivity contribution in [1.29, 1.82) is 0 Å². The van der Waals surface area contributed by atoms with Crippen molar-refractivity contribution < 1.29 is 4.42 Å². The number of pyridine rings is 1. The van der Waals surface area contributed by atoms with Gasteiger partial charge in [0.05, 0.1) is 5.69 Å². The summed E-state index contributed by atoms with van der Waals surface area (Å²) in [6.07, 6.45) is 1.80. The van der Waals surface area contributed by atoms with Gasteiger partial charge in [0, 0.05) is 36.3 Å². The lowest BCUT2D eigenvalue weighted by atomic mass is 10.2. The Hall–Kier alpha value is -2.20. The summed E-state index contributed by atoms with van der Waals surface area (Å²) in [5.41, 5.74) is 2.56.